The Kier molecular flexibility index (Phi) is 12.2. The number of hydrogen-bond acceptors (Lipinski definition) is 3. The van der Waals surface area contributed by atoms with Crippen molar-refractivity contribution in [1.82, 2.24) is 0 Å². The van der Waals surface area contributed by atoms with Crippen LogP contribution in [-0.4, -0.2) is 25.8 Å². The van der Waals surface area contributed by atoms with Crippen molar-refractivity contribution in [3.8, 4) is 0 Å². The highest BCUT2D eigenvalue weighted by Gasteiger charge is 2.28. The molecule has 19 heavy (non-hydrogen) atoms. The van der Waals surface area contributed by atoms with Gasteiger partial charge in [0.05, 0.1) is 0 Å². The largest absolute Gasteiger partial charge is 0.353 e. The summed E-state index contributed by atoms with van der Waals surface area (Å²) >= 11 is 4.27. The first-order valence-electron chi connectivity index (χ1n) is 7.85. The summed E-state index contributed by atoms with van der Waals surface area (Å²) in [6, 6.07) is 0. The predicted octanol–water partition coefficient (Wildman–Crippen LogP) is 5.07. The summed E-state index contributed by atoms with van der Waals surface area (Å²) in [5, 5.41) is 0. The average Bonchev–Trinajstić information content (AvgIpc) is 2.43. The quantitative estimate of drug-likeness (QED) is 0.290. The molecule has 1 unspecified atom stereocenters. The van der Waals surface area contributed by atoms with Crippen LogP contribution < -0.4 is 0 Å². The Labute approximate surface area is 126 Å². The molecule has 0 aliphatic heterocycles. The summed E-state index contributed by atoms with van der Waals surface area (Å²) in [4.78, 5) is 0. The summed E-state index contributed by atoms with van der Waals surface area (Å²) in [6.45, 7) is 4.56. The van der Waals surface area contributed by atoms with Gasteiger partial charge in [-0.25, -0.2) is 0 Å². The van der Waals surface area contributed by atoms with Gasteiger partial charge < -0.3 is 9.47 Å². The Balaban J connectivity index is 3.98. The van der Waals surface area contributed by atoms with Gasteiger partial charge >= 0.3 is 0 Å². The lowest BCUT2D eigenvalue weighted by atomic mass is 9.95. The van der Waals surface area contributed by atoms with Crippen LogP contribution in [0.4, 0.5) is 0 Å². The third-order valence-corrected chi connectivity index (χ3v) is 4.33. The van der Waals surface area contributed by atoms with E-state index in [1.807, 2.05) is 0 Å². The average molecular weight is 291 g/mol. The van der Waals surface area contributed by atoms with E-state index in [9.17, 15) is 0 Å². The molecule has 0 radical (unpaired) electrons. The van der Waals surface area contributed by atoms with Crippen LogP contribution in [0.15, 0.2) is 0 Å². The van der Waals surface area contributed by atoms with Gasteiger partial charge in [-0.2, -0.15) is 12.6 Å². The second-order valence-corrected chi connectivity index (χ2v) is 6.09. The van der Waals surface area contributed by atoms with Crippen molar-refractivity contribution >= 4 is 12.6 Å². The molecular weight excluding hydrogens is 256 g/mol. The number of rotatable bonds is 13. The van der Waals surface area contributed by atoms with Crippen LogP contribution in [0.3, 0.4) is 0 Å². The number of methoxy groups -OCH3 is 2. The van der Waals surface area contributed by atoms with E-state index in [0.29, 0.717) is 0 Å². The Morgan fingerprint density at radius 3 is 2.05 bits per heavy atom. The Hall–Kier alpha value is 0.270. The first kappa shape index (κ1) is 19.3. The van der Waals surface area contributed by atoms with Crippen molar-refractivity contribution < 1.29 is 9.47 Å². The number of ether oxygens (including phenoxy) is 2. The fourth-order valence-electron chi connectivity index (χ4n) is 2.56. The van der Waals surface area contributed by atoms with E-state index in [1.165, 1.54) is 44.9 Å². The van der Waals surface area contributed by atoms with E-state index in [1.54, 1.807) is 14.2 Å². The molecule has 0 N–H and O–H groups in total. The lowest BCUT2D eigenvalue weighted by Crippen LogP contribution is -2.33. The van der Waals surface area contributed by atoms with Crippen molar-refractivity contribution in [3.63, 3.8) is 0 Å². The van der Waals surface area contributed by atoms with E-state index in [0.717, 1.165) is 24.5 Å². The molecule has 0 heterocycles. The molecule has 0 aromatic heterocycles. The molecule has 116 valence electrons. The molecule has 0 spiro atoms. The van der Waals surface area contributed by atoms with Gasteiger partial charge in [-0.1, -0.05) is 33.1 Å². The van der Waals surface area contributed by atoms with Gasteiger partial charge in [-0.15, -0.1) is 0 Å². The third-order valence-electron chi connectivity index (χ3n) is 4.01. The van der Waals surface area contributed by atoms with Crippen LogP contribution in [0.5, 0.6) is 0 Å². The van der Waals surface area contributed by atoms with Crippen LogP contribution in [-0.2, 0) is 9.47 Å². The third kappa shape index (κ3) is 8.93. The fraction of sp³-hybridized carbons (Fsp3) is 1.00. The monoisotopic (exact) mass is 290 g/mol. The van der Waals surface area contributed by atoms with Crippen LogP contribution >= 0.6 is 12.6 Å². The maximum Gasteiger partial charge on any atom is 0.167 e. The first-order valence-corrected chi connectivity index (χ1v) is 8.48. The van der Waals surface area contributed by atoms with E-state index in [-0.39, 0.29) is 5.79 Å². The lowest BCUT2D eigenvalue weighted by molar-refractivity contribution is -0.216. The fourth-order valence-corrected chi connectivity index (χ4v) is 2.75. The molecule has 0 saturated carbocycles. The van der Waals surface area contributed by atoms with Gasteiger partial charge in [0.15, 0.2) is 5.79 Å². The second-order valence-electron chi connectivity index (χ2n) is 5.64. The zero-order valence-corrected chi connectivity index (χ0v) is 14.3. The number of thiol groups is 1. The molecule has 2 nitrogen and oxygen atoms in total. The van der Waals surface area contributed by atoms with Crippen LogP contribution in [0.1, 0.15) is 71.6 Å². The molecule has 0 rings (SSSR count). The Morgan fingerprint density at radius 2 is 1.53 bits per heavy atom. The van der Waals surface area contributed by atoms with E-state index in [4.69, 9.17) is 9.47 Å². The minimum Gasteiger partial charge on any atom is -0.353 e. The molecule has 0 aromatic rings. The van der Waals surface area contributed by atoms with E-state index < -0.39 is 0 Å². The van der Waals surface area contributed by atoms with E-state index >= 15 is 0 Å². The topological polar surface area (TPSA) is 18.5 Å². The molecular formula is C16H34O2S. The van der Waals surface area contributed by atoms with Gasteiger partial charge in [0.25, 0.3) is 0 Å². The molecule has 0 aromatic carbocycles. The molecule has 0 aliphatic rings. The molecule has 3 heteroatoms. The zero-order valence-electron chi connectivity index (χ0n) is 13.4. The van der Waals surface area contributed by atoms with Gasteiger partial charge in [-0.05, 0) is 37.4 Å². The van der Waals surface area contributed by atoms with Crippen molar-refractivity contribution in [2.75, 3.05) is 20.0 Å². The first-order chi connectivity index (χ1) is 9.14. The van der Waals surface area contributed by atoms with Gasteiger partial charge in [0.2, 0.25) is 0 Å². The molecule has 0 saturated heterocycles. The summed E-state index contributed by atoms with van der Waals surface area (Å²) < 4.78 is 11.3. The highest BCUT2D eigenvalue weighted by molar-refractivity contribution is 7.80. The maximum absolute atomic E-state index is 5.66. The van der Waals surface area contributed by atoms with Crippen molar-refractivity contribution in [2.24, 2.45) is 5.92 Å². The van der Waals surface area contributed by atoms with Gasteiger partial charge in [0, 0.05) is 27.1 Å². The molecule has 0 bridgehead atoms. The zero-order chi connectivity index (χ0) is 14.6. The minimum atomic E-state index is -0.349. The molecule has 0 amide bonds. The summed E-state index contributed by atoms with van der Waals surface area (Å²) in [5.74, 6) is 1.44. The second kappa shape index (κ2) is 12.0. The number of unbranched alkanes of at least 4 members (excludes halogenated alkanes) is 2. The Bertz CT molecular complexity index is 193. The molecule has 0 fully saturated rings. The van der Waals surface area contributed by atoms with Crippen molar-refractivity contribution in [1.29, 1.82) is 0 Å². The summed E-state index contributed by atoms with van der Waals surface area (Å²) in [6.07, 6.45) is 10.7. The van der Waals surface area contributed by atoms with Crippen molar-refractivity contribution in [3.05, 3.63) is 0 Å². The van der Waals surface area contributed by atoms with Gasteiger partial charge in [0.1, 0.15) is 0 Å². The Morgan fingerprint density at radius 1 is 0.947 bits per heavy atom. The molecule has 0 aliphatic carbocycles. The highest BCUT2D eigenvalue weighted by atomic mass is 32.1. The summed E-state index contributed by atoms with van der Waals surface area (Å²) in [5.41, 5.74) is 0. The van der Waals surface area contributed by atoms with Gasteiger partial charge in [-0.3, -0.25) is 0 Å². The standard InChI is InChI=1S/C16H34O2S/c1-5-6-7-12-16(17-3,18-4)13-8-10-15(2)11-9-14-19/h15,19H,5-14H2,1-4H3. The predicted molar refractivity (Wildman–Crippen MR) is 87.0 cm³/mol. The van der Waals surface area contributed by atoms with Crippen LogP contribution in [0, 0.1) is 5.92 Å². The normalized spacial score (nSPS) is 13.7. The maximum atomic E-state index is 5.66. The molecule has 1 atom stereocenters. The highest BCUT2D eigenvalue weighted by Crippen LogP contribution is 2.28. The van der Waals surface area contributed by atoms with Crippen LogP contribution in [0.25, 0.3) is 0 Å². The van der Waals surface area contributed by atoms with Crippen molar-refractivity contribution in [2.45, 2.75) is 77.4 Å². The summed E-state index contributed by atoms with van der Waals surface area (Å²) in [7, 11) is 3.56. The minimum absolute atomic E-state index is 0.349. The van der Waals surface area contributed by atoms with Crippen LogP contribution in [0.2, 0.25) is 0 Å². The lowest BCUT2D eigenvalue weighted by Gasteiger charge is -2.31. The number of hydrogen-bond donors (Lipinski definition) is 1. The van der Waals surface area contributed by atoms with E-state index in [2.05, 4.69) is 26.5 Å². The smallest absolute Gasteiger partial charge is 0.167 e. The SMILES string of the molecule is CCCCCC(CCCC(C)CCCS)(OC)OC.